The highest BCUT2D eigenvalue weighted by Crippen LogP contribution is 2.14. The van der Waals surface area contributed by atoms with Crippen molar-refractivity contribution in [2.24, 2.45) is 0 Å². The Kier molecular flexibility index (Phi) is 7.08. The largest absolute Gasteiger partial charge is 0.467 e. The molecule has 9 nitrogen and oxygen atoms in total. The molecule has 10 heteroatoms. The zero-order chi connectivity index (χ0) is 18.1. The first kappa shape index (κ1) is 18.6. The summed E-state index contributed by atoms with van der Waals surface area (Å²) in [7, 11) is 0. The summed E-state index contributed by atoms with van der Waals surface area (Å²) in [5.74, 6) is -0.599. The third kappa shape index (κ3) is 7.12. The van der Waals surface area contributed by atoms with Gasteiger partial charge in [0.1, 0.15) is 10.8 Å². The first-order valence-electron chi connectivity index (χ1n) is 7.57. The van der Waals surface area contributed by atoms with E-state index in [0.29, 0.717) is 17.3 Å². The van der Waals surface area contributed by atoms with Gasteiger partial charge in [-0.3, -0.25) is 14.4 Å². The molecule has 134 valence electrons. The number of carbonyl (C=O) groups is 3. The molecule has 0 aliphatic rings. The average molecular weight is 366 g/mol. The van der Waals surface area contributed by atoms with E-state index in [9.17, 15) is 14.4 Å². The Morgan fingerprint density at radius 3 is 2.76 bits per heavy atom. The number of nitrogens with zero attached hydrogens (tertiary/aromatic N) is 2. The second-order valence-electron chi connectivity index (χ2n) is 5.04. The number of furan rings is 1. The van der Waals surface area contributed by atoms with E-state index in [2.05, 4.69) is 20.8 Å². The maximum atomic E-state index is 11.7. The number of nitrogens with one attached hydrogen (secondary N) is 2. The summed E-state index contributed by atoms with van der Waals surface area (Å²) in [6.07, 6.45) is 2.02. The minimum atomic E-state index is -0.535. The predicted octanol–water partition coefficient (Wildman–Crippen LogP) is 1.41. The van der Waals surface area contributed by atoms with Crippen LogP contribution in [-0.2, 0) is 25.7 Å². The zero-order valence-corrected chi connectivity index (χ0v) is 14.4. The summed E-state index contributed by atoms with van der Waals surface area (Å²) >= 11 is 1.27. The van der Waals surface area contributed by atoms with Crippen molar-refractivity contribution >= 4 is 34.3 Å². The van der Waals surface area contributed by atoms with E-state index in [1.807, 2.05) is 0 Å². The van der Waals surface area contributed by atoms with E-state index >= 15 is 0 Å². The topological polar surface area (TPSA) is 123 Å². The van der Waals surface area contributed by atoms with Crippen LogP contribution in [0.5, 0.6) is 0 Å². The molecular formula is C15H18N4O5S. The summed E-state index contributed by atoms with van der Waals surface area (Å²) in [6.45, 7) is 1.65. The Morgan fingerprint density at radius 2 is 2.08 bits per heavy atom. The molecule has 25 heavy (non-hydrogen) atoms. The Morgan fingerprint density at radius 1 is 1.24 bits per heavy atom. The lowest BCUT2D eigenvalue weighted by Crippen LogP contribution is -2.28. The number of ether oxygens (including phenoxy) is 1. The Bertz CT molecular complexity index is 713. The Balaban J connectivity index is 1.54. The van der Waals surface area contributed by atoms with Gasteiger partial charge in [-0.05, 0) is 25.5 Å². The minimum absolute atomic E-state index is 0.0496. The first-order chi connectivity index (χ1) is 12.0. The van der Waals surface area contributed by atoms with Gasteiger partial charge in [0.25, 0.3) is 5.91 Å². The van der Waals surface area contributed by atoms with Crippen LogP contribution in [0.2, 0.25) is 0 Å². The molecule has 2 heterocycles. The molecule has 0 bridgehead atoms. The maximum Gasteiger partial charge on any atom is 0.306 e. The molecule has 0 unspecified atom stereocenters. The molecule has 0 radical (unpaired) electrons. The molecule has 0 fully saturated rings. The van der Waals surface area contributed by atoms with Crippen LogP contribution in [0.15, 0.2) is 22.8 Å². The molecule has 0 aliphatic heterocycles. The van der Waals surface area contributed by atoms with E-state index in [1.54, 1.807) is 19.1 Å². The second-order valence-corrected chi connectivity index (χ2v) is 6.23. The van der Waals surface area contributed by atoms with Gasteiger partial charge in [-0.2, -0.15) is 0 Å². The summed E-state index contributed by atoms with van der Waals surface area (Å²) in [5.41, 5.74) is 0. The molecule has 0 aromatic carbocycles. The van der Waals surface area contributed by atoms with Gasteiger partial charge in [0.15, 0.2) is 6.61 Å². The maximum absolute atomic E-state index is 11.7. The highest BCUT2D eigenvalue weighted by Gasteiger charge is 2.10. The number of rotatable bonds is 9. The van der Waals surface area contributed by atoms with Crippen LogP contribution in [0.25, 0.3) is 0 Å². The smallest absolute Gasteiger partial charge is 0.306 e. The third-order valence-corrected chi connectivity index (χ3v) is 3.72. The van der Waals surface area contributed by atoms with E-state index < -0.39 is 11.9 Å². The second kappa shape index (κ2) is 9.52. The van der Waals surface area contributed by atoms with E-state index in [0.717, 1.165) is 5.01 Å². The summed E-state index contributed by atoms with van der Waals surface area (Å²) in [6, 6.07) is 3.43. The summed E-state index contributed by atoms with van der Waals surface area (Å²) in [4.78, 5) is 34.7. The quantitative estimate of drug-likeness (QED) is 0.643. The fourth-order valence-electron chi connectivity index (χ4n) is 1.79. The van der Waals surface area contributed by atoms with Crippen molar-refractivity contribution in [2.45, 2.75) is 32.7 Å². The monoisotopic (exact) mass is 366 g/mol. The van der Waals surface area contributed by atoms with Crippen LogP contribution in [0.3, 0.4) is 0 Å². The van der Waals surface area contributed by atoms with Gasteiger partial charge in [-0.25, -0.2) is 0 Å². The molecule has 0 spiro atoms. The van der Waals surface area contributed by atoms with E-state index in [4.69, 9.17) is 9.15 Å². The lowest BCUT2D eigenvalue weighted by Gasteiger charge is -2.05. The highest BCUT2D eigenvalue weighted by molar-refractivity contribution is 7.15. The lowest BCUT2D eigenvalue weighted by molar-refractivity contribution is -0.148. The number of hydrogen-bond acceptors (Lipinski definition) is 8. The molecule has 0 saturated carbocycles. The van der Waals surface area contributed by atoms with Crippen molar-refractivity contribution in [1.29, 1.82) is 0 Å². The van der Waals surface area contributed by atoms with Crippen LogP contribution in [-0.4, -0.2) is 34.6 Å². The van der Waals surface area contributed by atoms with Gasteiger partial charge in [-0.1, -0.05) is 11.3 Å². The summed E-state index contributed by atoms with van der Waals surface area (Å²) < 4.78 is 9.90. The Hall–Kier alpha value is -2.75. The Labute approximate surface area is 147 Å². The number of carbonyl (C=O) groups excluding carboxylic acids is 3. The fourth-order valence-corrected chi connectivity index (χ4v) is 2.40. The molecule has 0 saturated heterocycles. The first-order valence-corrected chi connectivity index (χ1v) is 8.39. The van der Waals surface area contributed by atoms with Crippen LogP contribution in [0.1, 0.15) is 30.0 Å². The molecule has 2 aromatic rings. The van der Waals surface area contributed by atoms with Crippen molar-refractivity contribution < 1.29 is 23.5 Å². The molecule has 2 amide bonds. The van der Waals surface area contributed by atoms with Gasteiger partial charge in [-0.15, -0.1) is 10.2 Å². The number of aromatic nitrogens is 2. The third-order valence-electron chi connectivity index (χ3n) is 2.96. The molecular weight excluding hydrogens is 348 g/mol. The standard InChI is InChI=1S/C15H18N4O5S/c1-10-18-19-15(25-10)17-12(20)5-2-6-14(22)24-9-13(21)16-8-11-4-3-7-23-11/h3-4,7H,2,5-6,8-9H2,1H3,(H,16,21)(H,17,19,20). The SMILES string of the molecule is Cc1nnc(NC(=O)CCCC(=O)OCC(=O)NCc2ccco2)s1. The van der Waals surface area contributed by atoms with Crippen molar-refractivity contribution in [3.8, 4) is 0 Å². The fraction of sp³-hybridized carbons (Fsp3) is 0.400. The van der Waals surface area contributed by atoms with Gasteiger partial charge in [0, 0.05) is 12.8 Å². The van der Waals surface area contributed by atoms with Crippen molar-refractivity contribution in [3.05, 3.63) is 29.2 Å². The molecule has 0 aliphatic carbocycles. The van der Waals surface area contributed by atoms with E-state index in [-0.39, 0.29) is 31.9 Å². The van der Waals surface area contributed by atoms with Crippen LogP contribution >= 0.6 is 11.3 Å². The normalized spacial score (nSPS) is 10.3. The number of anilines is 1. The number of esters is 1. The molecule has 2 N–H and O–H groups in total. The van der Waals surface area contributed by atoms with Crippen LogP contribution in [0, 0.1) is 6.92 Å². The number of aryl methyl sites for hydroxylation is 1. The van der Waals surface area contributed by atoms with Crippen molar-refractivity contribution in [2.75, 3.05) is 11.9 Å². The predicted molar refractivity (Wildman–Crippen MR) is 88.6 cm³/mol. The van der Waals surface area contributed by atoms with Gasteiger partial charge in [0.2, 0.25) is 11.0 Å². The lowest BCUT2D eigenvalue weighted by atomic mass is 10.2. The van der Waals surface area contributed by atoms with Crippen molar-refractivity contribution in [1.82, 2.24) is 15.5 Å². The minimum Gasteiger partial charge on any atom is -0.467 e. The number of hydrogen-bond donors (Lipinski definition) is 2. The van der Waals surface area contributed by atoms with Crippen LogP contribution < -0.4 is 10.6 Å². The van der Waals surface area contributed by atoms with E-state index in [1.165, 1.54) is 17.6 Å². The zero-order valence-electron chi connectivity index (χ0n) is 13.6. The molecule has 0 atom stereocenters. The highest BCUT2D eigenvalue weighted by atomic mass is 32.1. The average Bonchev–Trinajstić information content (AvgIpc) is 3.22. The summed E-state index contributed by atoms with van der Waals surface area (Å²) in [5, 5.41) is 13.9. The van der Waals surface area contributed by atoms with Gasteiger partial charge in [0.05, 0.1) is 12.8 Å². The number of amides is 2. The van der Waals surface area contributed by atoms with Gasteiger partial charge >= 0.3 is 5.97 Å². The van der Waals surface area contributed by atoms with Crippen molar-refractivity contribution in [3.63, 3.8) is 0 Å². The van der Waals surface area contributed by atoms with Crippen LogP contribution in [0.4, 0.5) is 5.13 Å². The molecule has 2 rings (SSSR count). The van der Waals surface area contributed by atoms with Gasteiger partial charge < -0.3 is 19.8 Å². The molecule has 2 aromatic heterocycles.